The summed E-state index contributed by atoms with van der Waals surface area (Å²) in [5.74, 6) is -2.57. The van der Waals surface area contributed by atoms with Crippen molar-refractivity contribution in [1.29, 1.82) is 0 Å². The van der Waals surface area contributed by atoms with Crippen LogP contribution in [-0.2, 0) is 19.7 Å². The molecule has 1 saturated carbocycles. The van der Waals surface area contributed by atoms with Crippen molar-refractivity contribution in [3.05, 3.63) is 35.4 Å². The zero-order chi connectivity index (χ0) is 19.9. The Morgan fingerprint density at radius 2 is 1.86 bits per heavy atom. The van der Waals surface area contributed by atoms with Gasteiger partial charge in [-0.15, -0.1) is 0 Å². The van der Waals surface area contributed by atoms with Gasteiger partial charge in [0.25, 0.3) is 0 Å². The molecule has 2 aliphatic heterocycles. The van der Waals surface area contributed by atoms with E-state index in [1.54, 1.807) is 4.90 Å². The molecular formula is C21H25F2NO4. The lowest BCUT2D eigenvalue weighted by Gasteiger charge is -2.46. The van der Waals surface area contributed by atoms with E-state index in [1.165, 1.54) is 12.1 Å². The van der Waals surface area contributed by atoms with Gasteiger partial charge in [-0.25, -0.2) is 8.78 Å². The Balaban J connectivity index is 1.45. The number of aliphatic carboxylic acids is 1. The highest BCUT2D eigenvalue weighted by Gasteiger charge is 2.50. The summed E-state index contributed by atoms with van der Waals surface area (Å²) in [5.41, 5.74) is -0.602. The summed E-state index contributed by atoms with van der Waals surface area (Å²) in [4.78, 5) is 26.5. The van der Waals surface area contributed by atoms with Crippen LogP contribution in [0.25, 0.3) is 0 Å². The number of hydrogen-bond donors (Lipinski definition) is 1. The zero-order valence-corrected chi connectivity index (χ0v) is 15.7. The predicted octanol–water partition coefficient (Wildman–Crippen LogP) is 3.11. The number of ether oxygens (including phenoxy) is 1. The molecule has 1 unspecified atom stereocenters. The predicted molar refractivity (Wildman–Crippen MR) is 96.7 cm³/mol. The number of carboxylic acids is 1. The Kier molecular flexibility index (Phi) is 5.12. The van der Waals surface area contributed by atoms with Gasteiger partial charge in [0.05, 0.1) is 17.4 Å². The summed E-state index contributed by atoms with van der Waals surface area (Å²) >= 11 is 0. The monoisotopic (exact) mass is 393 g/mol. The van der Waals surface area contributed by atoms with Crippen molar-refractivity contribution < 1.29 is 28.2 Å². The van der Waals surface area contributed by atoms with Gasteiger partial charge >= 0.3 is 5.97 Å². The third-order valence-corrected chi connectivity index (χ3v) is 6.81. The number of piperidine rings is 1. The lowest BCUT2D eigenvalue weighted by atomic mass is 9.63. The summed E-state index contributed by atoms with van der Waals surface area (Å²) in [6.07, 6.45) is 3.59. The molecule has 1 aromatic rings. The molecule has 0 bridgehead atoms. The number of benzene rings is 1. The molecule has 1 aromatic carbocycles. The van der Waals surface area contributed by atoms with Crippen LogP contribution in [0.2, 0.25) is 0 Å². The first-order valence-electron chi connectivity index (χ1n) is 10.0. The second-order valence-electron chi connectivity index (χ2n) is 8.26. The smallest absolute Gasteiger partial charge is 0.309 e. The topological polar surface area (TPSA) is 66.8 Å². The van der Waals surface area contributed by atoms with Crippen LogP contribution < -0.4 is 0 Å². The molecule has 0 aromatic heterocycles. The van der Waals surface area contributed by atoms with E-state index < -0.39 is 28.9 Å². The molecule has 7 heteroatoms. The minimum absolute atomic E-state index is 0.0927. The molecule has 3 aliphatic rings. The minimum atomic E-state index is -0.891. The highest BCUT2D eigenvalue weighted by Crippen LogP contribution is 2.47. The Hall–Kier alpha value is -2.02. The summed E-state index contributed by atoms with van der Waals surface area (Å²) < 4.78 is 33.4. The average molecular weight is 393 g/mol. The van der Waals surface area contributed by atoms with Crippen LogP contribution in [-0.4, -0.2) is 47.7 Å². The molecule has 1 aliphatic carbocycles. The summed E-state index contributed by atoms with van der Waals surface area (Å²) in [6.45, 7) is 1.49. The average Bonchev–Trinajstić information content (AvgIpc) is 3.12. The number of halogens is 2. The van der Waals surface area contributed by atoms with Gasteiger partial charge in [-0.2, -0.15) is 0 Å². The molecule has 3 fully saturated rings. The minimum Gasteiger partial charge on any atom is -0.481 e. The molecule has 2 saturated heterocycles. The van der Waals surface area contributed by atoms with Crippen LogP contribution in [0.15, 0.2) is 18.2 Å². The Morgan fingerprint density at radius 3 is 2.43 bits per heavy atom. The van der Waals surface area contributed by atoms with Crippen molar-refractivity contribution in [2.75, 3.05) is 19.7 Å². The van der Waals surface area contributed by atoms with Crippen molar-refractivity contribution in [2.24, 2.45) is 11.8 Å². The number of rotatable bonds is 4. The highest BCUT2D eigenvalue weighted by atomic mass is 19.1. The standard InChI is InChI=1S/C21H25F2NO4/c22-14-2-3-16(17(23)12-14)21(7-1-8-21)20(27)24-9-4-13(5-10-24)18-15(19(25)26)6-11-28-18/h2-3,12-13,15,18H,1,4-11H2,(H,25,26)/t15?,18-/m0/s1. The first-order chi connectivity index (χ1) is 13.4. The first kappa shape index (κ1) is 19.3. The fourth-order valence-corrected chi connectivity index (χ4v) is 5.08. The van der Waals surface area contributed by atoms with Gasteiger partial charge in [0, 0.05) is 31.3 Å². The zero-order valence-electron chi connectivity index (χ0n) is 15.7. The third kappa shape index (κ3) is 3.19. The second kappa shape index (κ2) is 7.43. The number of carbonyl (C=O) groups is 2. The van der Waals surface area contributed by atoms with E-state index in [-0.39, 0.29) is 23.5 Å². The van der Waals surface area contributed by atoms with Crippen molar-refractivity contribution in [3.8, 4) is 0 Å². The molecule has 0 radical (unpaired) electrons. The fourth-order valence-electron chi connectivity index (χ4n) is 5.08. The maximum Gasteiger partial charge on any atom is 0.309 e. The van der Waals surface area contributed by atoms with E-state index in [0.29, 0.717) is 51.8 Å². The van der Waals surface area contributed by atoms with Gasteiger partial charge in [0.2, 0.25) is 5.91 Å². The number of likely N-dealkylation sites (tertiary alicyclic amines) is 1. The summed E-state index contributed by atoms with van der Waals surface area (Å²) in [7, 11) is 0. The Morgan fingerprint density at radius 1 is 1.14 bits per heavy atom. The van der Waals surface area contributed by atoms with E-state index in [0.717, 1.165) is 12.5 Å². The number of carboxylic acid groups (broad SMARTS) is 1. The number of nitrogens with zero attached hydrogens (tertiary/aromatic N) is 1. The van der Waals surface area contributed by atoms with E-state index in [9.17, 15) is 23.5 Å². The van der Waals surface area contributed by atoms with Crippen LogP contribution in [0.5, 0.6) is 0 Å². The van der Waals surface area contributed by atoms with E-state index >= 15 is 0 Å². The molecule has 4 rings (SSSR count). The van der Waals surface area contributed by atoms with Crippen molar-refractivity contribution in [1.82, 2.24) is 4.90 Å². The van der Waals surface area contributed by atoms with Crippen LogP contribution in [0.1, 0.15) is 44.1 Å². The molecule has 2 heterocycles. The Bertz CT molecular complexity index is 772. The molecule has 152 valence electrons. The second-order valence-corrected chi connectivity index (χ2v) is 8.26. The SMILES string of the molecule is O=C(O)C1CCO[C@H]1C1CCN(C(=O)C2(c3ccc(F)cc3F)CCC2)CC1. The molecule has 28 heavy (non-hydrogen) atoms. The molecule has 0 spiro atoms. The molecule has 5 nitrogen and oxygen atoms in total. The van der Waals surface area contributed by atoms with Gasteiger partial charge in [-0.3, -0.25) is 9.59 Å². The van der Waals surface area contributed by atoms with Crippen molar-refractivity contribution >= 4 is 11.9 Å². The van der Waals surface area contributed by atoms with Gasteiger partial charge < -0.3 is 14.7 Å². The normalized spacial score (nSPS) is 27.4. The van der Waals surface area contributed by atoms with Gasteiger partial charge in [0.1, 0.15) is 11.6 Å². The molecule has 1 amide bonds. The van der Waals surface area contributed by atoms with Crippen molar-refractivity contribution in [2.45, 2.75) is 50.0 Å². The third-order valence-electron chi connectivity index (χ3n) is 6.81. The van der Waals surface area contributed by atoms with E-state index in [4.69, 9.17) is 4.74 Å². The Labute approximate surface area is 162 Å². The number of carbonyl (C=O) groups excluding carboxylic acids is 1. The largest absolute Gasteiger partial charge is 0.481 e. The van der Waals surface area contributed by atoms with Crippen LogP contribution in [0, 0.1) is 23.5 Å². The van der Waals surface area contributed by atoms with Gasteiger partial charge in [0.15, 0.2) is 0 Å². The van der Waals surface area contributed by atoms with Crippen molar-refractivity contribution in [3.63, 3.8) is 0 Å². The molecule has 2 atom stereocenters. The van der Waals surface area contributed by atoms with Crippen LogP contribution in [0.4, 0.5) is 8.78 Å². The number of hydrogen-bond acceptors (Lipinski definition) is 3. The van der Waals surface area contributed by atoms with Gasteiger partial charge in [-0.1, -0.05) is 12.5 Å². The quantitative estimate of drug-likeness (QED) is 0.854. The summed E-state index contributed by atoms with van der Waals surface area (Å²) in [5, 5.41) is 9.37. The van der Waals surface area contributed by atoms with E-state index in [1.807, 2.05) is 0 Å². The maximum atomic E-state index is 14.4. The van der Waals surface area contributed by atoms with E-state index in [2.05, 4.69) is 0 Å². The lowest BCUT2D eigenvalue weighted by Crippen LogP contribution is -2.54. The fraction of sp³-hybridized carbons (Fsp3) is 0.619. The van der Waals surface area contributed by atoms with Crippen LogP contribution >= 0.6 is 0 Å². The summed E-state index contributed by atoms with van der Waals surface area (Å²) in [6, 6.07) is 3.46. The number of amides is 1. The lowest BCUT2D eigenvalue weighted by molar-refractivity contribution is -0.147. The maximum absolute atomic E-state index is 14.4. The first-order valence-corrected chi connectivity index (χ1v) is 10.0. The van der Waals surface area contributed by atoms with Crippen LogP contribution in [0.3, 0.4) is 0 Å². The molecular weight excluding hydrogens is 368 g/mol. The highest BCUT2D eigenvalue weighted by molar-refractivity contribution is 5.89. The van der Waals surface area contributed by atoms with Gasteiger partial charge in [-0.05, 0) is 44.1 Å². The molecule has 1 N–H and O–H groups in total.